The molecule has 1 unspecified atom stereocenters. The number of halogens is 1. The molecule has 3 rings (SSSR count). The van der Waals surface area contributed by atoms with Gasteiger partial charge in [0.2, 0.25) is 10.0 Å². The lowest BCUT2D eigenvalue weighted by atomic mass is 10.1. The number of sulfonamides is 1. The van der Waals surface area contributed by atoms with Gasteiger partial charge in [-0.1, -0.05) is 24.3 Å². The van der Waals surface area contributed by atoms with E-state index in [1.54, 1.807) is 48.8 Å². The van der Waals surface area contributed by atoms with Crippen molar-refractivity contribution >= 4 is 21.6 Å². The third-order valence-corrected chi connectivity index (χ3v) is 5.62. The molecular weight excluding hydrogens is 395 g/mol. The summed E-state index contributed by atoms with van der Waals surface area (Å²) in [5, 5.41) is 2.74. The second kappa shape index (κ2) is 8.91. The van der Waals surface area contributed by atoms with Gasteiger partial charge in [0.1, 0.15) is 10.7 Å². The van der Waals surface area contributed by atoms with Crippen LogP contribution < -0.4 is 15.8 Å². The van der Waals surface area contributed by atoms with E-state index in [1.807, 2.05) is 0 Å². The number of amides is 1. The molecule has 0 saturated carbocycles. The Balaban J connectivity index is 1.62. The van der Waals surface area contributed by atoms with Gasteiger partial charge >= 0.3 is 0 Å². The summed E-state index contributed by atoms with van der Waals surface area (Å²) in [5.41, 5.74) is 7.71. The van der Waals surface area contributed by atoms with E-state index in [4.69, 9.17) is 5.73 Å². The number of benzene rings is 2. The third-order valence-electron chi connectivity index (χ3n) is 4.16. The van der Waals surface area contributed by atoms with E-state index in [2.05, 4.69) is 15.0 Å². The molecule has 0 aliphatic heterocycles. The Kier molecular flexibility index (Phi) is 6.32. The first kappa shape index (κ1) is 20.6. The van der Waals surface area contributed by atoms with Gasteiger partial charge in [-0.25, -0.2) is 17.5 Å². The predicted molar refractivity (Wildman–Crippen MR) is 107 cm³/mol. The van der Waals surface area contributed by atoms with Crippen LogP contribution in [-0.4, -0.2) is 25.9 Å². The molecule has 1 amide bonds. The van der Waals surface area contributed by atoms with Crippen LogP contribution in [-0.2, 0) is 10.0 Å². The summed E-state index contributed by atoms with van der Waals surface area (Å²) in [7, 11) is -4.02. The van der Waals surface area contributed by atoms with Gasteiger partial charge in [-0.2, -0.15) is 0 Å². The van der Waals surface area contributed by atoms with Crippen molar-refractivity contribution in [1.82, 2.24) is 9.71 Å². The number of aromatic nitrogens is 1. The Hall–Kier alpha value is -3.14. The van der Waals surface area contributed by atoms with Crippen molar-refractivity contribution < 1.29 is 17.6 Å². The summed E-state index contributed by atoms with van der Waals surface area (Å²) in [6.07, 6.45) is 3.14. The zero-order chi connectivity index (χ0) is 20.9. The van der Waals surface area contributed by atoms with Gasteiger partial charge in [-0.3, -0.25) is 9.78 Å². The van der Waals surface area contributed by atoms with Gasteiger partial charge in [-0.05, 0) is 42.0 Å². The van der Waals surface area contributed by atoms with Crippen LogP contribution in [0.4, 0.5) is 10.1 Å². The van der Waals surface area contributed by atoms with Crippen molar-refractivity contribution in [3.05, 3.63) is 90.0 Å². The molecule has 0 aliphatic carbocycles. The summed E-state index contributed by atoms with van der Waals surface area (Å²) < 4.78 is 40.5. The fraction of sp³-hybridized carbons (Fsp3) is 0.100. The highest BCUT2D eigenvalue weighted by Gasteiger charge is 2.19. The molecule has 0 aliphatic rings. The lowest BCUT2D eigenvalue weighted by molar-refractivity contribution is 0.102. The summed E-state index contributed by atoms with van der Waals surface area (Å²) in [6, 6.07) is 14.2. The fourth-order valence-corrected chi connectivity index (χ4v) is 3.71. The standard InChI is InChI=1S/C20H19FN4O3S/c21-17-3-1-2-4-19(17)29(27,28)24-13-18(22)14-5-7-15(8-6-14)20(26)25-16-9-11-23-12-10-16/h1-12,18,24H,13,22H2,(H,23,25,26). The van der Waals surface area contributed by atoms with Crippen molar-refractivity contribution in [3.63, 3.8) is 0 Å². The van der Waals surface area contributed by atoms with E-state index in [-0.39, 0.29) is 12.5 Å². The number of nitrogens with two attached hydrogens (primary N) is 1. The fourth-order valence-electron chi connectivity index (χ4n) is 2.58. The van der Waals surface area contributed by atoms with E-state index >= 15 is 0 Å². The molecule has 7 nitrogen and oxygen atoms in total. The third kappa shape index (κ3) is 5.23. The first-order chi connectivity index (χ1) is 13.9. The highest BCUT2D eigenvalue weighted by molar-refractivity contribution is 7.89. The number of hydrogen-bond acceptors (Lipinski definition) is 5. The molecule has 1 atom stereocenters. The Morgan fingerprint density at radius 1 is 1.03 bits per heavy atom. The van der Waals surface area contributed by atoms with Crippen LogP contribution in [0.2, 0.25) is 0 Å². The second-order valence-electron chi connectivity index (χ2n) is 6.20. The summed E-state index contributed by atoms with van der Waals surface area (Å²) >= 11 is 0. The van der Waals surface area contributed by atoms with E-state index in [9.17, 15) is 17.6 Å². The maximum atomic E-state index is 13.7. The Bertz CT molecular complexity index is 1090. The minimum atomic E-state index is -4.02. The molecule has 0 spiro atoms. The number of pyridine rings is 1. The number of carbonyl (C=O) groups excluding carboxylic acids is 1. The van der Waals surface area contributed by atoms with E-state index in [1.165, 1.54) is 18.2 Å². The van der Waals surface area contributed by atoms with Gasteiger partial charge in [0.25, 0.3) is 5.91 Å². The molecular formula is C20H19FN4O3S. The zero-order valence-electron chi connectivity index (χ0n) is 15.2. The highest BCUT2D eigenvalue weighted by atomic mass is 32.2. The SMILES string of the molecule is NC(CNS(=O)(=O)c1ccccc1F)c1ccc(C(=O)Nc2ccncc2)cc1. The molecule has 0 radical (unpaired) electrons. The first-order valence-electron chi connectivity index (χ1n) is 8.68. The predicted octanol–water partition coefficient (Wildman–Crippen LogP) is 2.45. The number of nitrogens with one attached hydrogen (secondary N) is 2. The number of rotatable bonds is 7. The quantitative estimate of drug-likeness (QED) is 0.549. The molecule has 0 saturated heterocycles. The van der Waals surface area contributed by atoms with Gasteiger partial charge in [0, 0.05) is 36.2 Å². The molecule has 9 heteroatoms. The number of anilines is 1. The van der Waals surface area contributed by atoms with Crippen LogP contribution in [0.15, 0.2) is 78.0 Å². The topological polar surface area (TPSA) is 114 Å². The Morgan fingerprint density at radius 3 is 2.34 bits per heavy atom. The molecule has 150 valence electrons. The van der Waals surface area contributed by atoms with Gasteiger partial charge < -0.3 is 11.1 Å². The average Bonchev–Trinajstić information content (AvgIpc) is 2.73. The zero-order valence-corrected chi connectivity index (χ0v) is 16.1. The second-order valence-corrected chi connectivity index (χ2v) is 7.94. The highest BCUT2D eigenvalue weighted by Crippen LogP contribution is 2.16. The van der Waals surface area contributed by atoms with Crippen LogP contribution in [0.25, 0.3) is 0 Å². The molecule has 1 heterocycles. The van der Waals surface area contributed by atoms with Crippen molar-refractivity contribution in [2.24, 2.45) is 5.73 Å². The molecule has 29 heavy (non-hydrogen) atoms. The van der Waals surface area contributed by atoms with Crippen LogP contribution >= 0.6 is 0 Å². The van der Waals surface area contributed by atoms with Gasteiger partial charge in [0.15, 0.2) is 0 Å². The number of hydrogen-bond donors (Lipinski definition) is 3. The molecule has 0 fully saturated rings. The molecule has 1 aromatic heterocycles. The minimum Gasteiger partial charge on any atom is -0.323 e. The summed E-state index contributed by atoms with van der Waals surface area (Å²) in [5.74, 6) is -1.13. The monoisotopic (exact) mass is 414 g/mol. The van der Waals surface area contributed by atoms with Crippen LogP contribution in [0.1, 0.15) is 22.0 Å². The van der Waals surface area contributed by atoms with Crippen molar-refractivity contribution in [2.45, 2.75) is 10.9 Å². The van der Waals surface area contributed by atoms with E-state index < -0.39 is 26.8 Å². The maximum Gasteiger partial charge on any atom is 0.255 e. The van der Waals surface area contributed by atoms with Crippen molar-refractivity contribution in [1.29, 1.82) is 0 Å². The number of nitrogens with zero attached hydrogens (tertiary/aromatic N) is 1. The minimum absolute atomic E-state index is 0.126. The van der Waals surface area contributed by atoms with Crippen LogP contribution in [0.5, 0.6) is 0 Å². The van der Waals surface area contributed by atoms with Crippen molar-refractivity contribution in [2.75, 3.05) is 11.9 Å². The van der Waals surface area contributed by atoms with Crippen LogP contribution in [0.3, 0.4) is 0 Å². The van der Waals surface area contributed by atoms with Gasteiger partial charge in [-0.15, -0.1) is 0 Å². The van der Waals surface area contributed by atoms with E-state index in [0.717, 1.165) is 6.07 Å². The molecule has 0 bridgehead atoms. The van der Waals surface area contributed by atoms with Crippen molar-refractivity contribution in [3.8, 4) is 0 Å². The maximum absolute atomic E-state index is 13.7. The summed E-state index contributed by atoms with van der Waals surface area (Å²) in [6.45, 7) is -0.126. The van der Waals surface area contributed by atoms with E-state index in [0.29, 0.717) is 16.8 Å². The smallest absolute Gasteiger partial charge is 0.255 e. The first-order valence-corrected chi connectivity index (χ1v) is 10.2. The molecule has 3 aromatic rings. The molecule has 4 N–H and O–H groups in total. The Morgan fingerprint density at radius 2 is 1.69 bits per heavy atom. The van der Waals surface area contributed by atoms with Gasteiger partial charge in [0.05, 0.1) is 0 Å². The normalized spacial score (nSPS) is 12.3. The number of carbonyl (C=O) groups is 1. The largest absolute Gasteiger partial charge is 0.323 e. The summed E-state index contributed by atoms with van der Waals surface area (Å²) in [4.78, 5) is 15.7. The lowest BCUT2D eigenvalue weighted by Crippen LogP contribution is -2.32. The molecule has 2 aromatic carbocycles. The van der Waals surface area contributed by atoms with Crippen LogP contribution in [0, 0.1) is 5.82 Å². The average molecular weight is 414 g/mol. The Labute approximate surface area is 167 Å². The lowest BCUT2D eigenvalue weighted by Gasteiger charge is -2.14.